The molecule has 0 spiro atoms. The molecule has 3 aromatic rings. The molecule has 0 saturated carbocycles. The van der Waals surface area contributed by atoms with Crippen LogP contribution in [0.2, 0.25) is 5.02 Å². The van der Waals surface area contributed by atoms with Crippen molar-refractivity contribution in [2.24, 2.45) is 5.92 Å². The highest BCUT2D eigenvalue weighted by atomic mass is 35.5. The van der Waals surface area contributed by atoms with Crippen LogP contribution >= 0.6 is 11.6 Å². The fourth-order valence-corrected chi connectivity index (χ4v) is 3.79. The molecule has 0 saturated heterocycles. The molecule has 1 unspecified atom stereocenters. The van der Waals surface area contributed by atoms with Gasteiger partial charge in [0.05, 0.1) is 6.42 Å². The molecule has 0 aromatic heterocycles. The van der Waals surface area contributed by atoms with E-state index >= 15 is 0 Å². The highest BCUT2D eigenvalue weighted by Crippen LogP contribution is 2.19. The van der Waals surface area contributed by atoms with Crippen molar-refractivity contribution in [2.75, 3.05) is 6.54 Å². The predicted molar refractivity (Wildman–Crippen MR) is 134 cm³/mol. The normalized spacial score (nSPS) is 11.8. The monoisotopic (exact) mass is 480 g/mol. The maximum absolute atomic E-state index is 14.6. The molecule has 34 heavy (non-hydrogen) atoms. The average Bonchev–Trinajstić information content (AvgIpc) is 2.83. The SMILES string of the molecule is CC(C)CNC(=O)C(Cc1ccccc1)N(Cc1ccccc1F)C(=O)Cc1ccc(Cl)cc1. The Kier molecular flexibility index (Phi) is 9.23. The number of nitrogens with one attached hydrogen (secondary N) is 1. The van der Waals surface area contributed by atoms with E-state index in [9.17, 15) is 14.0 Å². The molecule has 3 aromatic carbocycles. The van der Waals surface area contributed by atoms with E-state index in [-0.39, 0.29) is 30.7 Å². The first-order valence-corrected chi connectivity index (χ1v) is 11.8. The number of nitrogens with zero attached hydrogens (tertiary/aromatic N) is 1. The summed E-state index contributed by atoms with van der Waals surface area (Å²) in [4.78, 5) is 28.4. The Morgan fingerprint density at radius 1 is 0.912 bits per heavy atom. The topological polar surface area (TPSA) is 49.4 Å². The van der Waals surface area contributed by atoms with Crippen LogP contribution in [0.15, 0.2) is 78.9 Å². The first-order chi connectivity index (χ1) is 16.3. The number of carbonyl (C=O) groups excluding carboxylic acids is 2. The summed E-state index contributed by atoms with van der Waals surface area (Å²) in [5.41, 5.74) is 2.06. The first kappa shape index (κ1) is 25.4. The van der Waals surface area contributed by atoms with Crippen LogP contribution in [0.5, 0.6) is 0 Å². The number of amides is 2. The molecule has 178 valence electrons. The quantitative estimate of drug-likeness (QED) is 0.420. The average molecular weight is 481 g/mol. The van der Waals surface area contributed by atoms with Crippen LogP contribution in [0.25, 0.3) is 0 Å². The molecule has 0 fully saturated rings. The van der Waals surface area contributed by atoms with Crippen molar-refractivity contribution in [1.82, 2.24) is 10.2 Å². The van der Waals surface area contributed by atoms with Crippen molar-refractivity contribution in [1.29, 1.82) is 0 Å². The molecule has 0 bridgehead atoms. The van der Waals surface area contributed by atoms with Gasteiger partial charge in [-0.25, -0.2) is 4.39 Å². The third-order valence-corrected chi connectivity index (χ3v) is 5.77. The van der Waals surface area contributed by atoms with Crippen molar-refractivity contribution in [3.63, 3.8) is 0 Å². The molecule has 1 N–H and O–H groups in total. The Bertz CT molecular complexity index is 1090. The van der Waals surface area contributed by atoms with Crippen LogP contribution in [-0.2, 0) is 29.0 Å². The summed E-state index contributed by atoms with van der Waals surface area (Å²) >= 11 is 5.99. The molecule has 3 rings (SSSR count). The molecule has 1 atom stereocenters. The zero-order valence-corrected chi connectivity index (χ0v) is 20.3. The molecule has 0 aliphatic carbocycles. The second kappa shape index (κ2) is 12.3. The van der Waals surface area contributed by atoms with Crippen LogP contribution in [0, 0.1) is 11.7 Å². The number of carbonyl (C=O) groups is 2. The van der Waals surface area contributed by atoms with Crippen LogP contribution in [0.1, 0.15) is 30.5 Å². The highest BCUT2D eigenvalue weighted by Gasteiger charge is 2.31. The van der Waals surface area contributed by atoms with Gasteiger partial charge in [0.1, 0.15) is 11.9 Å². The second-order valence-electron chi connectivity index (χ2n) is 8.76. The second-order valence-corrected chi connectivity index (χ2v) is 9.20. The fourth-order valence-electron chi connectivity index (χ4n) is 3.67. The summed E-state index contributed by atoms with van der Waals surface area (Å²) in [6.45, 7) is 4.50. The fraction of sp³-hybridized carbons (Fsp3) is 0.286. The van der Waals surface area contributed by atoms with E-state index in [2.05, 4.69) is 5.32 Å². The molecule has 0 aliphatic rings. The van der Waals surface area contributed by atoms with E-state index in [0.29, 0.717) is 23.6 Å². The molecule has 0 aliphatic heterocycles. The van der Waals surface area contributed by atoms with E-state index in [1.165, 1.54) is 11.0 Å². The van der Waals surface area contributed by atoms with Crippen molar-refractivity contribution in [3.05, 3.63) is 106 Å². The Labute approximate surface area is 205 Å². The smallest absolute Gasteiger partial charge is 0.243 e. The third-order valence-electron chi connectivity index (χ3n) is 5.52. The lowest BCUT2D eigenvalue weighted by Gasteiger charge is -2.32. The maximum atomic E-state index is 14.6. The van der Waals surface area contributed by atoms with Gasteiger partial charge in [-0.1, -0.05) is 86.1 Å². The van der Waals surface area contributed by atoms with Gasteiger partial charge in [-0.15, -0.1) is 0 Å². The zero-order valence-electron chi connectivity index (χ0n) is 19.5. The number of rotatable bonds is 10. The van der Waals surface area contributed by atoms with Gasteiger partial charge < -0.3 is 10.2 Å². The van der Waals surface area contributed by atoms with E-state index in [1.54, 1.807) is 42.5 Å². The van der Waals surface area contributed by atoms with Gasteiger partial charge in [-0.3, -0.25) is 9.59 Å². The Hall–Kier alpha value is -3.18. The Balaban J connectivity index is 1.96. The van der Waals surface area contributed by atoms with Gasteiger partial charge in [0.25, 0.3) is 0 Å². The molecule has 0 heterocycles. The van der Waals surface area contributed by atoms with Gasteiger partial charge in [-0.05, 0) is 35.2 Å². The van der Waals surface area contributed by atoms with Gasteiger partial charge >= 0.3 is 0 Å². The Morgan fingerprint density at radius 3 is 2.21 bits per heavy atom. The summed E-state index contributed by atoms with van der Waals surface area (Å²) in [5.74, 6) is -0.663. The van der Waals surface area contributed by atoms with Crippen molar-refractivity contribution in [2.45, 2.75) is 39.3 Å². The standard InChI is InChI=1S/C28H30ClFN2O2/c1-20(2)18-31-28(34)26(16-21-8-4-3-5-9-21)32(19-23-10-6-7-11-25(23)30)27(33)17-22-12-14-24(29)15-13-22/h3-15,20,26H,16-19H2,1-2H3,(H,31,34). The number of benzene rings is 3. The van der Waals surface area contributed by atoms with Gasteiger partial charge in [0, 0.05) is 30.1 Å². The highest BCUT2D eigenvalue weighted by molar-refractivity contribution is 6.30. The zero-order chi connectivity index (χ0) is 24.5. The summed E-state index contributed by atoms with van der Waals surface area (Å²) in [7, 11) is 0. The first-order valence-electron chi connectivity index (χ1n) is 11.4. The van der Waals surface area contributed by atoms with Crippen molar-refractivity contribution < 1.29 is 14.0 Å². The van der Waals surface area contributed by atoms with E-state index in [1.807, 2.05) is 44.2 Å². The van der Waals surface area contributed by atoms with E-state index in [4.69, 9.17) is 11.6 Å². The van der Waals surface area contributed by atoms with Crippen molar-refractivity contribution >= 4 is 23.4 Å². The Morgan fingerprint density at radius 2 is 1.56 bits per heavy atom. The summed E-state index contributed by atoms with van der Waals surface area (Å²) in [6, 6.07) is 22.1. The molecular formula is C28H30ClFN2O2. The lowest BCUT2D eigenvalue weighted by Crippen LogP contribution is -2.51. The number of hydrogen-bond donors (Lipinski definition) is 1. The van der Waals surface area contributed by atoms with Gasteiger partial charge in [-0.2, -0.15) is 0 Å². The molecular weight excluding hydrogens is 451 g/mol. The lowest BCUT2D eigenvalue weighted by molar-refractivity contribution is -0.140. The minimum atomic E-state index is -0.791. The molecule has 2 amide bonds. The van der Waals surface area contributed by atoms with E-state index < -0.39 is 11.9 Å². The van der Waals surface area contributed by atoms with Crippen LogP contribution < -0.4 is 5.32 Å². The van der Waals surface area contributed by atoms with E-state index in [0.717, 1.165) is 11.1 Å². The largest absolute Gasteiger partial charge is 0.354 e. The van der Waals surface area contributed by atoms with Crippen LogP contribution in [-0.4, -0.2) is 29.3 Å². The predicted octanol–water partition coefficient (Wildman–Crippen LogP) is 5.43. The van der Waals surface area contributed by atoms with Gasteiger partial charge in [0.2, 0.25) is 11.8 Å². The third kappa shape index (κ3) is 7.42. The van der Waals surface area contributed by atoms with Crippen LogP contribution in [0.3, 0.4) is 0 Å². The summed E-state index contributed by atoms with van der Waals surface area (Å²) in [6.07, 6.45) is 0.403. The molecule has 4 nitrogen and oxygen atoms in total. The molecule has 6 heteroatoms. The number of hydrogen-bond acceptors (Lipinski definition) is 2. The minimum absolute atomic E-state index is 0.00824. The molecule has 0 radical (unpaired) electrons. The van der Waals surface area contributed by atoms with Crippen LogP contribution in [0.4, 0.5) is 4.39 Å². The lowest BCUT2D eigenvalue weighted by atomic mass is 10.0. The summed E-state index contributed by atoms with van der Waals surface area (Å²) < 4.78 is 14.6. The minimum Gasteiger partial charge on any atom is -0.354 e. The number of halogens is 2. The summed E-state index contributed by atoms with van der Waals surface area (Å²) in [5, 5.41) is 3.54. The van der Waals surface area contributed by atoms with Gasteiger partial charge in [0.15, 0.2) is 0 Å². The maximum Gasteiger partial charge on any atom is 0.243 e. The van der Waals surface area contributed by atoms with Crippen molar-refractivity contribution in [3.8, 4) is 0 Å².